The minimum atomic E-state index is -0.154. The van der Waals surface area contributed by atoms with Crippen molar-refractivity contribution in [3.63, 3.8) is 0 Å². The van der Waals surface area contributed by atoms with E-state index in [0.29, 0.717) is 13.1 Å². The molecule has 1 heterocycles. The van der Waals surface area contributed by atoms with Gasteiger partial charge in [-0.2, -0.15) is 0 Å². The average Bonchev–Trinajstić information content (AvgIpc) is 2.91. The normalized spacial score (nSPS) is 23.1. The van der Waals surface area contributed by atoms with Gasteiger partial charge in [-0.15, -0.1) is 0 Å². The van der Waals surface area contributed by atoms with Gasteiger partial charge in [0.1, 0.15) is 12.2 Å². The number of amides is 2. The van der Waals surface area contributed by atoms with E-state index in [-0.39, 0.29) is 24.3 Å². The first-order chi connectivity index (χ1) is 10.0. The zero-order valence-corrected chi connectivity index (χ0v) is 12.7. The fourth-order valence-electron chi connectivity index (χ4n) is 2.46. The predicted octanol–water partition coefficient (Wildman–Crippen LogP) is 1.58. The van der Waals surface area contributed by atoms with Gasteiger partial charge in [-0.1, -0.05) is 12.1 Å². The van der Waals surface area contributed by atoms with E-state index in [9.17, 15) is 4.79 Å². The molecule has 2 amide bonds. The molecule has 1 aromatic carbocycles. The quantitative estimate of drug-likeness (QED) is 0.883. The summed E-state index contributed by atoms with van der Waals surface area (Å²) in [6.07, 6.45) is -0.174. The maximum Gasteiger partial charge on any atom is 0.322 e. The van der Waals surface area contributed by atoms with Crippen molar-refractivity contribution in [2.45, 2.75) is 25.2 Å². The Labute approximate surface area is 125 Å². The molecule has 1 saturated heterocycles. The van der Waals surface area contributed by atoms with Crippen LogP contribution in [0.3, 0.4) is 0 Å². The molecule has 3 unspecified atom stereocenters. The van der Waals surface area contributed by atoms with Crippen LogP contribution in [0.1, 0.15) is 18.5 Å². The number of nitrogens with two attached hydrogens (primary N) is 1. The number of likely N-dealkylation sites (tertiary alicyclic amines) is 1. The number of hydrogen-bond donors (Lipinski definition) is 2. The molecule has 3 N–H and O–H groups in total. The van der Waals surface area contributed by atoms with Crippen molar-refractivity contribution in [1.82, 2.24) is 4.90 Å². The van der Waals surface area contributed by atoms with Crippen molar-refractivity contribution in [3.05, 3.63) is 29.8 Å². The first-order valence-corrected chi connectivity index (χ1v) is 7.02. The molecule has 1 aromatic rings. The van der Waals surface area contributed by atoms with Gasteiger partial charge in [0, 0.05) is 25.9 Å². The smallest absolute Gasteiger partial charge is 0.322 e. The highest BCUT2D eigenvalue weighted by Crippen LogP contribution is 2.19. The molecule has 0 radical (unpaired) electrons. The average molecular weight is 293 g/mol. The Kier molecular flexibility index (Phi) is 5.17. The van der Waals surface area contributed by atoms with E-state index >= 15 is 0 Å². The Bertz CT molecular complexity index is 481. The summed E-state index contributed by atoms with van der Waals surface area (Å²) in [5, 5.41) is 2.89. The van der Waals surface area contributed by atoms with Crippen molar-refractivity contribution in [3.8, 4) is 0 Å². The number of benzene rings is 1. The van der Waals surface area contributed by atoms with Crippen LogP contribution in [0.2, 0.25) is 0 Å². The number of nitrogens with one attached hydrogen (secondary N) is 1. The number of anilines is 1. The topological polar surface area (TPSA) is 76.8 Å². The second kappa shape index (κ2) is 6.89. The molecule has 3 atom stereocenters. The van der Waals surface area contributed by atoms with E-state index < -0.39 is 0 Å². The van der Waals surface area contributed by atoms with Gasteiger partial charge in [0.15, 0.2) is 0 Å². The first kappa shape index (κ1) is 15.8. The Balaban J connectivity index is 2.00. The van der Waals surface area contributed by atoms with Crippen LogP contribution in [0, 0.1) is 0 Å². The lowest BCUT2D eigenvalue weighted by atomic mass is 10.1. The third-order valence-corrected chi connectivity index (χ3v) is 3.77. The second-order valence-electron chi connectivity index (χ2n) is 5.30. The van der Waals surface area contributed by atoms with Crippen LogP contribution < -0.4 is 11.1 Å². The summed E-state index contributed by atoms with van der Waals surface area (Å²) in [5.41, 5.74) is 7.58. The summed E-state index contributed by atoms with van der Waals surface area (Å²) in [5.74, 6) is 0. The maximum atomic E-state index is 12.3. The standard InChI is InChI=1S/C15H23N3O3/c1-10(16)11-5-4-6-12(7-11)17-15(19)18-8-13(20-2)14(9-18)21-3/h4-7,10,13-14H,8-9,16H2,1-3H3,(H,17,19). The summed E-state index contributed by atoms with van der Waals surface area (Å²) < 4.78 is 10.7. The van der Waals surface area contributed by atoms with Gasteiger partial charge in [0.2, 0.25) is 0 Å². The Morgan fingerprint density at radius 2 is 1.95 bits per heavy atom. The second-order valence-corrected chi connectivity index (χ2v) is 5.30. The van der Waals surface area contributed by atoms with Gasteiger partial charge in [0.25, 0.3) is 0 Å². The van der Waals surface area contributed by atoms with Gasteiger partial charge in [0.05, 0.1) is 13.1 Å². The molecule has 0 aromatic heterocycles. The molecular weight excluding hydrogens is 270 g/mol. The molecule has 0 aliphatic carbocycles. The third kappa shape index (κ3) is 3.72. The SMILES string of the molecule is COC1CN(C(=O)Nc2cccc(C(C)N)c2)CC1OC. The highest BCUT2D eigenvalue weighted by Gasteiger charge is 2.35. The van der Waals surface area contributed by atoms with Crippen LogP contribution in [0.25, 0.3) is 0 Å². The summed E-state index contributed by atoms with van der Waals surface area (Å²) in [6.45, 7) is 2.95. The van der Waals surface area contributed by atoms with Crippen LogP contribution in [0.4, 0.5) is 10.5 Å². The monoisotopic (exact) mass is 293 g/mol. The summed E-state index contributed by atoms with van der Waals surface area (Å²) >= 11 is 0. The van der Waals surface area contributed by atoms with Crippen molar-refractivity contribution in [2.24, 2.45) is 5.73 Å². The number of urea groups is 1. The summed E-state index contributed by atoms with van der Waals surface area (Å²) in [4.78, 5) is 14.0. The van der Waals surface area contributed by atoms with Crippen LogP contribution in [0.5, 0.6) is 0 Å². The Hall–Kier alpha value is -1.63. The number of ether oxygens (including phenoxy) is 2. The maximum absolute atomic E-state index is 12.3. The van der Waals surface area contributed by atoms with Gasteiger partial charge >= 0.3 is 6.03 Å². The molecule has 1 fully saturated rings. The lowest BCUT2D eigenvalue weighted by Gasteiger charge is -2.17. The lowest BCUT2D eigenvalue weighted by molar-refractivity contribution is -0.00461. The van der Waals surface area contributed by atoms with Crippen molar-refractivity contribution in [2.75, 3.05) is 32.6 Å². The van der Waals surface area contributed by atoms with Gasteiger partial charge < -0.3 is 25.4 Å². The van der Waals surface area contributed by atoms with E-state index in [1.807, 2.05) is 31.2 Å². The Morgan fingerprint density at radius 1 is 1.33 bits per heavy atom. The van der Waals surface area contributed by atoms with Crippen LogP contribution in [-0.2, 0) is 9.47 Å². The van der Waals surface area contributed by atoms with E-state index in [2.05, 4.69) is 5.32 Å². The molecule has 6 heteroatoms. The molecule has 1 aliphatic rings. The molecule has 0 bridgehead atoms. The van der Waals surface area contributed by atoms with E-state index in [1.165, 1.54) is 0 Å². The fraction of sp³-hybridized carbons (Fsp3) is 0.533. The number of carbonyl (C=O) groups is 1. The van der Waals surface area contributed by atoms with E-state index in [4.69, 9.17) is 15.2 Å². The van der Waals surface area contributed by atoms with Crippen LogP contribution >= 0.6 is 0 Å². The number of hydrogen-bond acceptors (Lipinski definition) is 4. The van der Waals surface area contributed by atoms with Gasteiger partial charge in [-0.3, -0.25) is 0 Å². The molecule has 2 rings (SSSR count). The number of carbonyl (C=O) groups excluding carboxylic acids is 1. The van der Waals surface area contributed by atoms with Crippen LogP contribution in [0.15, 0.2) is 24.3 Å². The van der Waals surface area contributed by atoms with Crippen molar-refractivity contribution < 1.29 is 14.3 Å². The minimum Gasteiger partial charge on any atom is -0.377 e. The number of methoxy groups -OCH3 is 2. The van der Waals surface area contributed by atoms with Gasteiger partial charge in [-0.25, -0.2) is 4.79 Å². The molecular formula is C15H23N3O3. The van der Waals surface area contributed by atoms with E-state index in [1.54, 1.807) is 19.1 Å². The van der Waals surface area contributed by atoms with Gasteiger partial charge in [-0.05, 0) is 24.6 Å². The van der Waals surface area contributed by atoms with E-state index in [0.717, 1.165) is 11.3 Å². The lowest BCUT2D eigenvalue weighted by Crippen LogP contribution is -2.34. The van der Waals surface area contributed by atoms with Crippen molar-refractivity contribution in [1.29, 1.82) is 0 Å². The fourth-order valence-corrected chi connectivity index (χ4v) is 2.46. The summed E-state index contributed by atoms with van der Waals surface area (Å²) in [7, 11) is 3.26. The zero-order chi connectivity index (χ0) is 15.4. The molecule has 21 heavy (non-hydrogen) atoms. The first-order valence-electron chi connectivity index (χ1n) is 7.02. The molecule has 0 saturated carbocycles. The molecule has 0 spiro atoms. The largest absolute Gasteiger partial charge is 0.377 e. The highest BCUT2D eigenvalue weighted by molar-refractivity contribution is 5.89. The van der Waals surface area contributed by atoms with Crippen molar-refractivity contribution >= 4 is 11.7 Å². The highest BCUT2D eigenvalue weighted by atomic mass is 16.5. The third-order valence-electron chi connectivity index (χ3n) is 3.77. The molecule has 1 aliphatic heterocycles. The molecule has 6 nitrogen and oxygen atoms in total. The number of nitrogens with zero attached hydrogens (tertiary/aromatic N) is 1. The Morgan fingerprint density at radius 3 is 2.48 bits per heavy atom. The predicted molar refractivity (Wildman–Crippen MR) is 81.2 cm³/mol. The van der Waals surface area contributed by atoms with Crippen LogP contribution in [-0.4, -0.2) is 50.4 Å². The summed E-state index contributed by atoms with van der Waals surface area (Å²) in [6, 6.07) is 7.34. The number of rotatable bonds is 4. The molecule has 116 valence electrons. The minimum absolute atomic E-state index is 0.0654. The zero-order valence-electron chi connectivity index (χ0n) is 12.7.